The lowest BCUT2D eigenvalue weighted by molar-refractivity contribution is -0.121. The Morgan fingerprint density at radius 2 is 1.83 bits per heavy atom. The summed E-state index contributed by atoms with van der Waals surface area (Å²) in [5.74, 6) is 0.120. The topological polar surface area (TPSA) is 103 Å². The normalized spacial score (nSPS) is 18.9. The number of aromatic amines is 2. The number of likely N-dealkylation sites (tertiary alicyclic amines) is 1. The fourth-order valence-corrected chi connectivity index (χ4v) is 5.99. The Hall–Kier alpha value is -4.82. The van der Waals surface area contributed by atoms with Gasteiger partial charge in [-0.15, -0.1) is 0 Å². The van der Waals surface area contributed by atoms with Gasteiger partial charge in [0.15, 0.2) is 0 Å². The van der Waals surface area contributed by atoms with Crippen LogP contribution in [0.2, 0.25) is 0 Å². The molecular formula is C34H33N7O. The summed E-state index contributed by atoms with van der Waals surface area (Å²) in [7, 11) is 2.10. The van der Waals surface area contributed by atoms with E-state index in [4.69, 9.17) is 5.10 Å². The van der Waals surface area contributed by atoms with Gasteiger partial charge < -0.3 is 15.2 Å². The minimum Gasteiger partial charge on any atom is -0.353 e. The SMILES string of the molecule is CN1CCC(C(=O)Nc2cncc(C3=C\CC\C=c4/[nH]nc(-c5cc6c(-c7cccnc7)cccc6[nH]5)/c4=C/3)c2)CC1. The summed E-state index contributed by atoms with van der Waals surface area (Å²) >= 11 is 0. The molecule has 1 fully saturated rings. The molecule has 0 saturated carbocycles. The van der Waals surface area contributed by atoms with Gasteiger partial charge >= 0.3 is 0 Å². The zero-order valence-corrected chi connectivity index (χ0v) is 23.6. The number of fused-ring (bicyclic) bond motifs is 2. The van der Waals surface area contributed by atoms with Crippen LogP contribution in [0.5, 0.6) is 0 Å². The zero-order chi connectivity index (χ0) is 28.5. The molecule has 1 amide bonds. The van der Waals surface area contributed by atoms with Gasteiger partial charge in [-0.3, -0.25) is 19.9 Å². The largest absolute Gasteiger partial charge is 0.353 e. The maximum absolute atomic E-state index is 13.0. The summed E-state index contributed by atoms with van der Waals surface area (Å²) in [5, 5.41) is 14.3. The lowest BCUT2D eigenvalue weighted by Crippen LogP contribution is -2.35. The Morgan fingerprint density at radius 3 is 2.69 bits per heavy atom. The average Bonchev–Trinajstić information content (AvgIpc) is 3.61. The van der Waals surface area contributed by atoms with Crippen molar-refractivity contribution in [2.24, 2.45) is 5.92 Å². The number of carbonyl (C=O) groups excluding carboxylic acids is 1. The Labute approximate surface area is 243 Å². The summed E-state index contributed by atoms with van der Waals surface area (Å²) in [6, 6.07) is 14.5. The first-order chi connectivity index (χ1) is 20.6. The second kappa shape index (κ2) is 11.2. The van der Waals surface area contributed by atoms with Crippen LogP contribution in [0.3, 0.4) is 0 Å². The standard InChI is InChI=1S/C34H33N7O/c1-41-14-11-22(12-15-41)34(42)37-26-16-25(20-36-21-26)23-6-2-3-9-31-29(17-23)33(40-39-31)32-18-28-27(8-4-10-30(28)38-32)24-7-5-13-35-19-24/h4-10,13,16-22,38-39H,2-3,11-12,14-15H2,1H3,(H,37,42)/b23-6+,29-17+,31-9-. The summed E-state index contributed by atoms with van der Waals surface area (Å²) < 4.78 is 0. The maximum Gasteiger partial charge on any atom is 0.227 e. The Bertz CT molecular complexity index is 1910. The lowest BCUT2D eigenvalue weighted by atomic mass is 9.96. The molecular weight excluding hydrogens is 522 g/mol. The third-order valence-corrected chi connectivity index (χ3v) is 8.33. The van der Waals surface area contributed by atoms with Gasteiger partial charge in [0, 0.05) is 51.8 Å². The van der Waals surface area contributed by atoms with Crippen LogP contribution in [-0.2, 0) is 4.79 Å². The lowest BCUT2D eigenvalue weighted by Gasteiger charge is -2.28. The number of H-pyrrole nitrogens is 2. The van der Waals surface area contributed by atoms with Crippen molar-refractivity contribution in [3.63, 3.8) is 0 Å². The van der Waals surface area contributed by atoms with Crippen LogP contribution in [0.25, 0.3) is 51.1 Å². The first-order valence-corrected chi connectivity index (χ1v) is 14.6. The van der Waals surface area contributed by atoms with Gasteiger partial charge in [-0.05, 0) is 87.3 Å². The van der Waals surface area contributed by atoms with Gasteiger partial charge in [0.2, 0.25) is 5.91 Å². The molecule has 8 heteroatoms. The summed E-state index contributed by atoms with van der Waals surface area (Å²) in [6.07, 6.45) is 17.4. The Balaban J connectivity index is 1.23. The van der Waals surface area contributed by atoms with Crippen molar-refractivity contribution >= 4 is 40.2 Å². The number of piperidine rings is 1. The Morgan fingerprint density at radius 1 is 0.976 bits per heavy atom. The number of rotatable bonds is 5. The minimum absolute atomic E-state index is 0.0404. The number of aromatic nitrogens is 5. The third-order valence-electron chi connectivity index (χ3n) is 8.33. The first-order valence-electron chi connectivity index (χ1n) is 14.6. The van der Waals surface area contributed by atoms with Gasteiger partial charge in [-0.1, -0.05) is 30.4 Å². The number of hydrogen-bond acceptors (Lipinski definition) is 5. The maximum atomic E-state index is 13.0. The molecule has 1 aliphatic carbocycles. The molecule has 0 unspecified atom stereocenters. The smallest absolute Gasteiger partial charge is 0.227 e. The number of nitrogens with zero attached hydrogens (tertiary/aromatic N) is 4. The fourth-order valence-electron chi connectivity index (χ4n) is 5.99. The summed E-state index contributed by atoms with van der Waals surface area (Å²) in [5.41, 5.74) is 7.81. The molecule has 1 aliphatic heterocycles. The van der Waals surface area contributed by atoms with Gasteiger partial charge in [-0.2, -0.15) is 5.10 Å². The molecule has 3 N–H and O–H groups in total. The first kappa shape index (κ1) is 26.1. The number of benzene rings is 1. The molecule has 1 aromatic carbocycles. The fraction of sp³-hybridized carbons (Fsp3) is 0.235. The van der Waals surface area contributed by atoms with Crippen LogP contribution in [0.4, 0.5) is 5.69 Å². The highest BCUT2D eigenvalue weighted by molar-refractivity contribution is 5.98. The molecule has 5 aromatic rings. The van der Waals surface area contributed by atoms with E-state index < -0.39 is 0 Å². The highest BCUT2D eigenvalue weighted by Crippen LogP contribution is 2.31. The van der Waals surface area contributed by atoms with Crippen molar-refractivity contribution in [1.29, 1.82) is 0 Å². The van der Waals surface area contributed by atoms with Gasteiger partial charge in [0.1, 0.15) is 5.69 Å². The van der Waals surface area contributed by atoms with Crippen LogP contribution in [0.1, 0.15) is 31.2 Å². The number of amides is 1. The van der Waals surface area contributed by atoms with Gasteiger partial charge in [-0.25, -0.2) is 0 Å². The van der Waals surface area contributed by atoms with Crippen molar-refractivity contribution in [3.8, 4) is 22.5 Å². The van der Waals surface area contributed by atoms with E-state index in [2.05, 4.69) is 85.9 Å². The van der Waals surface area contributed by atoms with E-state index in [1.54, 1.807) is 12.4 Å². The third kappa shape index (κ3) is 5.17. The van der Waals surface area contributed by atoms with E-state index in [1.165, 1.54) is 0 Å². The quantitative estimate of drug-likeness (QED) is 0.291. The van der Waals surface area contributed by atoms with Crippen molar-refractivity contribution in [3.05, 3.63) is 89.5 Å². The molecule has 4 aromatic heterocycles. The molecule has 0 radical (unpaired) electrons. The Kier molecular flexibility index (Phi) is 6.97. The number of carbonyl (C=O) groups is 1. The van der Waals surface area contributed by atoms with Crippen molar-refractivity contribution < 1.29 is 4.79 Å². The second-order valence-corrected chi connectivity index (χ2v) is 11.2. The van der Waals surface area contributed by atoms with Crippen LogP contribution in [-0.4, -0.2) is 56.1 Å². The minimum atomic E-state index is 0.0404. The molecule has 42 heavy (non-hydrogen) atoms. The van der Waals surface area contributed by atoms with Crippen molar-refractivity contribution in [2.45, 2.75) is 25.7 Å². The second-order valence-electron chi connectivity index (χ2n) is 11.2. The predicted molar refractivity (Wildman–Crippen MR) is 168 cm³/mol. The van der Waals surface area contributed by atoms with E-state index in [0.29, 0.717) is 0 Å². The molecule has 210 valence electrons. The van der Waals surface area contributed by atoms with Crippen molar-refractivity contribution in [1.82, 2.24) is 30.0 Å². The molecule has 0 atom stereocenters. The molecule has 1 saturated heterocycles. The van der Waals surface area contributed by atoms with E-state index in [9.17, 15) is 4.79 Å². The van der Waals surface area contributed by atoms with E-state index in [-0.39, 0.29) is 11.8 Å². The van der Waals surface area contributed by atoms with Crippen LogP contribution in [0, 0.1) is 5.92 Å². The van der Waals surface area contributed by atoms with E-state index in [1.807, 2.05) is 24.5 Å². The molecule has 2 aliphatic rings. The molecule has 0 spiro atoms. The number of nitrogens with one attached hydrogen (secondary N) is 3. The van der Waals surface area contributed by atoms with Crippen LogP contribution >= 0.6 is 0 Å². The predicted octanol–water partition coefficient (Wildman–Crippen LogP) is 4.73. The summed E-state index contributed by atoms with van der Waals surface area (Å²) in [6.45, 7) is 1.90. The van der Waals surface area contributed by atoms with E-state index >= 15 is 0 Å². The highest BCUT2D eigenvalue weighted by Gasteiger charge is 2.23. The average molecular weight is 556 g/mol. The van der Waals surface area contributed by atoms with Crippen LogP contribution < -0.4 is 15.9 Å². The monoisotopic (exact) mass is 555 g/mol. The van der Waals surface area contributed by atoms with Crippen molar-refractivity contribution in [2.75, 3.05) is 25.5 Å². The number of hydrogen-bond donors (Lipinski definition) is 3. The number of allylic oxidation sites excluding steroid dienone is 2. The van der Waals surface area contributed by atoms with Gasteiger partial charge in [0.05, 0.1) is 22.9 Å². The van der Waals surface area contributed by atoms with E-state index in [0.717, 1.165) is 99.6 Å². The number of anilines is 1. The molecule has 7 rings (SSSR count). The van der Waals surface area contributed by atoms with Crippen LogP contribution in [0.15, 0.2) is 73.3 Å². The molecule has 8 nitrogen and oxygen atoms in total. The highest BCUT2D eigenvalue weighted by atomic mass is 16.1. The molecule has 5 heterocycles. The molecule has 0 bridgehead atoms. The van der Waals surface area contributed by atoms with Gasteiger partial charge in [0.25, 0.3) is 0 Å². The summed E-state index contributed by atoms with van der Waals surface area (Å²) in [4.78, 5) is 27.6. The number of pyridine rings is 2. The zero-order valence-electron chi connectivity index (χ0n) is 23.6.